The average Bonchev–Trinajstić information content (AvgIpc) is 2.91. The molecule has 0 saturated heterocycles. The van der Waals surface area contributed by atoms with E-state index < -0.39 is 5.60 Å². The second kappa shape index (κ2) is 8.76. The van der Waals surface area contributed by atoms with E-state index in [0.717, 1.165) is 37.2 Å². The molecule has 0 bridgehead atoms. The lowest BCUT2D eigenvalue weighted by Gasteiger charge is -2.32. The van der Waals surface area contributed by atoms with Gasteiger partial charge in [0.05, 0.1) is 11.6 Å². The lowest BCUT2D eigenvalue weighted by molar-refractivity contribution is 0.00856. The molecule has 2 rings (SSSR count). The van der Waals surface area contributed by atoms with Crippen molar-refractivity contribution in [2.75, 3.05) is 13.6 Å². The molecule has 22 heavy (non-hydrogen) atoms. The van der Waals surface area contributed by atoms with Gasteiger partial charge in [0.25, 0.3) is 0 Å². The molecule has 1 saturated carbocycles. The second-order valence-electron chi connectivity index (χ2n) is 6.03. The number of hydrogen-bond acceptors (Lipinski definition) is 3. The minimum Gasteiger partial charge on any atom is -0.464 e. The third kappa shape index (κ3) is 5.46. The zero-order valence-electron chi connectivity index (χ0n) is 13.7. The van der Waals surface area contributed by atoms with Gasteiger partial charge >= 0.3 is 0 Å². The number of hydrogen-bond donors (Lipinski definition) is 3. The van der Waals surface area contributed by atoms with Crippen LogP contribution in [0.4, 0.5) is 0 Å². The zero-order chi connectivity index (χ0) is 15.3. The van der Waals surface area contributed by atoms with Crippen LogP contribution < -0.4 is 10.6 Å². The van der Waals surface area contributed by atoms with Crippen LogP contribution in [0.5, 0.6) is 0 Å². The van der Waals surface area contributed by atoms with Crippen LogP contribution in [0.3, 0.4) is 0 Å². The van der Waals surface area contributed by atoms with Crippen molar-refractivity contribution in [1.29, 1.82) is 0 Å². The third-order valence-electron chi connectivity index (χ3n) is 4.13. The van der Waals surface area contributed by atoms with Gasteiger partial charge in [0.2, 0.25) is 0 Å². The highest BCUT2D eigenvalue weighted by Gasteiger charge is 2.29. The van der Waals surface area contributed by atoms with E-state index in [9.17, 15) is 5.11 Å². The van der Waals surface area contributed by atoms with Crippen molar-refractivity contribution >= 4 is 29.9 Å². The molecule has 1 aliphatic carbocycles. The van der Waals surface area contributed by atoms with Crippen LogP contribution in [0.1, 0.15) is 56.6 Å². The standard InChI is InChI=1S/C16H27N3O2.HI/c1-12-7-8-14(21-12)13(2)19-15(17-3)18-11-16(20)9-5-4-6-10-16;/h7-8,13,20H,4-6,9-11H2,1-3H3,(H2,17,18,19);1H. The number of nitrogens with one attached hydrogen (secondary N) is 2. The van der Waals surface area contributed by atoms with Crippen LogP contribution in [0.15, 0.2) is 21.5 Å². The number of furan rings is 1. The van der Waals surface area contributed by atoms with Crippen molar-refractivity contribution in [2.45, 2.75) is 57.6 Å². The SMILES string of the molecule is CN=C(NCC1(O)CCCCC1)NC(C)c1ccc(C)o1.I. The van der Waals surface area contributed by atoms with E-state index >= 15 is 0 Å². The maximum Gasteiger partial charge on any atom is 0.191 e. The summed E-state index contributed by atoms with van der Waals surface area (Å²) in [6, 6.07) is 3.95. The summed E-state index contributed by atoms with van der Waals surface area (Å²) in [4.78, 5) is 4.22. The van der Waals surface area contributed by atoms with Gasteiger partial charge in [0.15, 0.2) is 5.96 Å². The summed E-state index contributed by atoms with van der Waals surface area (Å²) < 4.78 is 5.61. The smallest absolute Gasteiger partial charge is 0.191 e. The Hall–Kier alpha value is -0.760. The molecule has 3 N–H and O–H groups in total. The fourth-order valence-electron chi connectivity index (χ4n) is 2.79. The largest absolute Gasteiger partial charge is 0.464 e. The highest BCUT2D eigenvalue weighted by Crippen LogP contribution is 2.27. The summed E-state index contributed by atoms with van der Waals surface area (Å²) in [6.07, 6.45) is 5.16. The molecule has 126 valence electrons. The van der Waals surface area contributed by atoms with Crippen LogP contribution in [-0.4, -0.2) is 30.3 Å². The normalized spacial score (nSPS) is 19.2. The number of rotatable bonds is 4. The Kier molecular flexibility index (Phi) is 7.68. The Morgan fingerprint density at radius 1 is 1.36 bits per heavy atom. The summed E-state index contributed by atoms with van der Waals surface area (Å²) in [5.74, 6) is 2.47. The monoisotopic (exact) mass is 421 g/mol. The Labute approximate surface area is 150 Å². The number of aliphatic hydroxyl groups is 1. The van der Waals surface area contributed by atoms with Crippen LogP contribution >= 0.6 is 24.0 Å². The minimum atomic E-state index is -0.597. The quantitative estimate of drug-likeness (QED) is 0.397. The first kappa shape index (κ1) is 19.3. The van der Waals surface area contributed by atoms with E-state index in [1.165, 1.54) is 6.42 Å². The molecule has 1 aromatic rings. The molecular weight excluding hydrogens is 393 g/mol. The topological polar surface area (TPSA) is 69.8 Å². The van der Waals surface area contributed by atoms with Crippen molar-refractivity contribution in [3.63, 3.8) is 0 Å². The van der Waals surface area contributed by atoms with Gasteiger partial charge < -0.3 is 20.2 Å². The summed E-state index contributed by atoms with van der Waals surface area (Å²) in [5.41, 5.74) is -0.597. The number of aryl methyl sites for hydroxylation is 1. The van der Waals surface area contributed by atoms with Gasteiger partial charge in [-0.3, -0.25) is 4.99 Å². The molecule has 0 spiro atoms. The summed E-state index contributed by atoms with van der Waals surface area (Å²) in [7, 11) is 1.74. The predicted molar refractivity (Wildman–Crippen MR) is 99.8 cm³/mol. The van der Waals surface area contributed by atoms with Gasteiger partial charge in [-0.05, 0) is 38.8 Å². The molecule has 0 aliphatic heterocycles. The van der Waals surface area contributed by atoms with Crippen molar-refractivity contribution in [3.05, 3.63) is 23.7 Å². The Balaban J connectivity index is 0.00000242. The minimum absolute atomic E-state index is 0. The first-order chi connectivity index (χ1) is 10.0. The van der Waals surface area contributed by atoms with E-state index in [2.05, 4.69) is 15.6 Å². The molecule has 6 heteroatoms. The lowest BCUT2D eigenvalue weighted by atomic mass is 9.85. The Bertz CT molecular complexity index is 481. The van der Waals surface area contributed by atoms with Gasteiger partial charge in [-0.25, -0.2) is 0 Å². The summed E-state index contributed by atoms with van der Waals surface area (Å²) in [5, 5.41) is 17.0. The summed E-state index contributed by atoms with van der Waals surface area (Å²) >= 11 is 0. The van der Waals surface area contributed by atoms with Crippen LogP contribution in [0.2, 0.25) is 0 Å². The molecule has 1 aromatic heterocycles. The number of nitrogens with zero attached hydrogens (tertiary/aromatic N) is 1. The summed E-state index contributed by atoms with van der Waals surface area (Å²) in [6.45, 7) is 4.50. The van der Waals surface area contributed by atoms with Gasteiger partial charge in [0.1, 0.15) is 11.5 Å². The highest BCUT2D eigenvalue weighted by molar-refractivity contribution is 14.0. The highest BCUT2D eigenvalue weighted by atomic mass is 127. The number of guanidine groups is 1. The van der Waals surface area contributed by atoms with Gasteiger partial charge in [-0.1, -0.05) is 19.3 Å². The van der Waals surface area contributed by atoms with Crippen LogP contribution in [0.25, 0.3) is 0 Å². The van der Waals surface area contributed by atoms with Crippen molar-refractivity contribution in [1.82, 2.24) is 10.6 Å². The second-order valence-corrected chi connectivity index (χ2v) is 6.03. The lowest BCUT2D eigenvalue weighted by Crippen LogP contribution is -2.48. The average molecular weight is 421 g/mol. The van der Waals surface area contributed by atoms with E-state index in [-0.39, 0.29) is 30.0 Å². The zero-order valence-corrected chi connectivity index (χ0v) is 16.0. The van der Waals surface area contributed by atoms with Crippen LogP contribution in [0, 0.1) is 6.92 Å². The maximum absolute atomic E-state index is 10.5. The molecule has 1 unspecified atom stereocenters. The number of halogens is 1. The Morgan fingerprint density at radius 2 is 2.05 bits per heavy atom. The Morgan fingerprint density at radius 3 is 2.59 bits per heavy atom. The third-order valence-corrected chi connectivity index (χ3v) is 4.13. The first-order valence-electron chi connectivity index (χ1n) is 7.78. The van der Waals surface area contributed by atoms with Crippen LogP contribution in [-0.2, 0) is 0 Å². The molecule has 5 nitrogen and oxygen atoms in total. The van der Waals surface area contributed by atoms with Crippen molar-refractivity contribution < 1.29 is 9.52 Å². The van der Waals surface area contributed by atoms with Gasteiger partial charge in [0, 0.05) is 13.6 Å². The molecule has 0 radical (unpaired) electrons. The fraction of sp³-hybridized carbons (Fsp3) is 0.688. The maximum atomic E-state index is 10.5. The van der Waals surface area contributed by atoms with E-state index in [1.807, 2.05) is 26.0 Å². The fourth-order valence-corrected chi connectivity index (χ4v) is 2.79. The number of aliphatic imine (C=N–C) groups is 1. The van der Waals surface area contributed by atoms with E-state index in [4.69, 9.17) is 4.42 Å². The molecule has 1 fully saturated rings. The molecule has 1 heterocycles. The van der Waals surface area contributed by atoms with Crippen molar-refractivity contribution in [3.8, 4) is 0 Å². The van der Waals surface area contributed by atoms with E-state index in [0.29, 0.717) is 12.5 Å². The van der Waals surface area contributed by atoms with Gasteiger partial charge in [-0.15, -0.1) is 24.0 Å². The molecule has 1 aliphatic rings. The van der Waals surface area contributed by atoms with E-state index in [1.54, 1.807) is 7.05 Å². The molecular formula is C16H28IN3O2. The van der Waals surface area contributed by atoms with Gasteiger partial charge in [-0.2, -0.15) is 0 Å². The molecule has 0 aromatic carbocycles. The molecule has 1 atom stereocenters. The first-order valence-corrected chi connectivity index (χ1v) is 7.78. The van der Waals surface area contributed by atoms with Crippen molar-refractivity contribution in [2.24, 2.45) is 4.99 Å². The predicted octanol–water partition coefficient (Wildman–Crippen LogP) is 3.13. The molecule has 0 amide bonds.